The van der Waals surface area contributed by atoms with E-state index in [1.165, 1.54) is 24.9 Å². The van der Waals surface area contributed by atoms with Crippen LogP contribution in [0, 0.1) is 5.92 Å². The van der Waals surface area contributed by atoms with Gasteiger partial charge in [0, 0.05) is 18.2 Å². The predicted octanol–water partition coefficient (Wildman–Crippen LogP) is 2.40. The van der Waals surface area contributed by atoms with Crippen LogP contribution in [0.25, 0.3) is 0 Å². The second-order valence-corrected chi connectivity index (χ2v) is 5.51. The summed E-state index contributed by atoms with van der Waals surface area (Å²) in [6.07, 6.45) is 2.62. The quantitative estimate of drug-likeness (QED) is 0.380. The van der Waals surface area contributed by atoms with Gasteiger partial charge in [-0.3, -0.25) is 4.90 Å². The molecule has 0 amide bonds. The highest BCUT2D eigenvalue weighted by Crippen LogP contribution is 2.24. The van der Waals surface area contributed by atoms with Gasteiger partial charge in [-0.15, -0.1) is 0 Å². The van der Waals surface area contributed by atoms with Gasteiger partial charge in [0.1, 0.15) is 0 Å². The van der Waals surface area contributed by atoms with E-state index in [-0.39, 0.29) is 5.84 Å². The Morgan fingerprint density at radius 1 is 1.37 bits per heavy atom. The van der Waals surface area contributed by atoms with Crippen molar-refractivity contribution in [2.45, 2.75) is 39.3 Å². The van der Waals surface area contributed by atoms with Gasteiger partial charge in [0.05, 0.1) is 0 Å². The number of rotatable bonds is 3. The maximum atomic E-state index is 8.64. The number of oxime groups is 1. The first-order valence-corrected chi connectivity index (χ1v) is 6.92. The van der Waals surface area contributed by atoms with Crippen LogP contribution in [-0.2, 0) is 6.54 Å². The smallest absolute Gasteiger partial charge is 0.170 e. The lowest BCUT2D eigenvalue weighted by Gasteiger charge is -2.38. The Morgan fingerprint density at radius 3 is 2.68 bits per heavy atom. The van der Waals surface area contributed by atoms with Gasteiger partial charge in [0.15, 0.2) is 5.84 Å². The van der Waals surface area contributed by atoms with Crippen molar-refractivity contribution in [3.05, 3.63) is 35.4 Å². The van der Waals surface area contributed by atoms with Crippen LogP contribution in [0.15, 0.2) is 29.4 Å². The van der Waals surface area contributed by atoms with E-state index in [1.54, 1.807) is 0 Å². The van der Waals surface area contributed by atoms with Crippen molar-refractivity contribution in [2.75, 3.05) is 6.54 Å². The number of hydrogen-bond donors (Lipinski definition) is 2. The number of amidine groups is 1. The third-order valence-electron chi connectivity index (χ3n) is 4.25. The standard InChI is InChI=1S/C15H23N3O/c1-11-4-3-9-18(12(11)2)10-13-5-7-14(8-6-13)15(16)17-19/h5-8,11-12,19H,3-4,9-10H2,1-2H3,(H2,16,17). The van der Waals surface area contributed by atoms with Crippen molar-refractivity contribution >= 4 is 5.84 Å². The first-order valence-electron chi connectivity index (χ1n) is 6.92. The number of likely N-dealkylation sites (tertiary alicyclic amines) is 1. The van der Waals surface area contributed by atoms with Gasteiger partial charge in [-0.25, -0.2) is 0 Å². The summed E-state index contributed by atoms with van der Waals surface area (Å²) in [7, 11) is 0. The molecule has 4 nitrogen and oxygen atoms in total. The SMILES string of the molecule is CC1CCCN(Cc2ccc(C(N)=NO)cc2)C1C. The molecule has 0 aromatic heterocycles. The first-order chi connectivity index (χ1) is 9.11. The molecule has 0 spiro atoms. The summed E-state index contributed by atoms with van der Waals surface area (Å²) < 4.78 is 0. The average molecular weight is 261 g/mol. The summed E-state index contributed by atoms with van der Waals surface area (Å²) in [5.41, 5.74) is 7.59. The minimum absolute atomic E-state index is 0.159. The van der Waals surface area contributed by atoms with Crippen LogP contribution in [0.5, 0.6) is 0 Å². The molecule has 0 bridgehead atoms. The van der Waals surface area contributed by atoms with Gasteiger partial charge in [0.2, 0.25) is 0 Å². The highest BCUT2D eigenvalue weighted by Gasteiger charge is 2.24. The van der Waals surface area contributed by atoms with E-state index in [1.807, 2.05) is 12.1 Å². The molecule has 104 valence electrons. The van der Waals surface area contributed by atoms with E-state index in [9.17, 15) is 0 Å². The maximum absolute atomic E-state index is 8.64. The van der Waals surface area contributed by atoms with Gasteiger partial charge in [0.25, 0.3) is 0 Å². The van der Waals surface area contributed by atoms with E-state index in [0.29, 0.717) is 6.04 Å². The third kappa shape index (κ3) is 3.26. The maximum Gasteiger partial charge on any atom is 0.170 e. The fourth-order valence-corrected chi connectivity index (χ4v) is 2.72. The lowest BCUT2D eigenvalue weighted by Crippen LogP contribution is -2.41. The lowest BCUT2D eigenvalue weighted by molar-refractivity contribution is 0.106. The molecule has 0 radical (unpaired) electrons. The molecule has 1 fully saturated rings. The van der Waals surface area contributed by atoms with Crippen molar-refractivity contribution in [2.24, 2.45) is 16.8 Å². The monoisotopic (exact) mass is 261 g/mol. The Balaban J connectivity index is 2.03. The summed E-state index contributed by atoms with van der Waals surface area (Å²) in [4.78, 5) is 2.53. The first kappa shape index (κ1) is 13.9. The van der Waals surface area contributed by atoms with Crippen molar-refractivity contribution in [3.8, 4) is 0 Å². The normalized spacial score (nSPS) is 25.5. The molecule has 19 heavy (non-hydrogen) atoms. The van der Waals surface area contributed by atoms with E-state index in [4.69, 9.17) is 10.9 Å². The molecule has 3 N–H and O–H groups in total. The van der Waals surface area contributed by atoms with E-state index < -0.39 is 0 Å². The molecule has 2 rings (SSSR count). The highest BCUT2D eigenvalue weighted by atomic mass is 16.4. The van der Waals surface area contributed by atoms with Gasteiger partial charge >= 0.3 is 0 Å². The van der Waals surface area contributed by atoms with E-state index >= 15 is 0 Å². The molecule has 4 heteroatoms. The van der Waals surface area contributed by atoms with Gasteiger partial charge in [-0.1, -0.05) is 36.3 Å². The highest BCUT2D eigenvalue weighted by molar-refractivity contribution is 5.96. The minimum atomic E-state index is 0.159. The van der Waals surface area contributed by atoms with E-state index in [0.717, 1.165) is 18.0 Å². The lowest BCUT2D eigenvalue weighted by atomic mass is 9.91. The fourth-order valence-electron chi connectivity index (χ4n) is 2.72. The van der Waals surface area contributed by atoms with Crippen LogP contribution in [0.2, 0.25) is 0 Å². The molecular formula is C15H23N3O. The zero-order chi connectivity index (χ0) is 13.8. The Kier molecular flexibility index (Phi) is 4.43. The summed E-state index contributed by atoms with van der Waals surface area (Å²) in [5.74, 6) is 0.928. The van der Waals surface area contributed by atoms with Gasteiger partial charge in [-0.05, 0) is 37.8 Å². The number of nitrogens with two attached hydrogens (primary N) is 1. The number of benzene rings is 1. The van der Waals surface area contributed by atoms with Crippen molar-refractivity contribution < 1.29 is 5.21 Å². The Bertz CT molecular complexity index is 441. The van der Waals surface area contributed by atoms with Crippen LogP contribution >= 0.6 is 0 Å². The Morgan fingerprint density at radius 2 is 2.05 bits per heavy atom. The predicted molar refractivity (Wildman–Crippen MR) is 77.2 cm³/mol. The molecular weight excluding hydrogens is 238 g/mol. The molecule has 1 heterocycles. The molecule has 1 aliphatic rings. The molecule has 1 saturated heterocycles. The van der Waals surface area contributed by atoms with Crippen molar-refractivity contribution in [1.82, 2.24) is 4.90 Å². The third-order valence-corrected chi connectivity index (χ3v) is 4.25. The average Bonchev–Trinajstić information content (AvgIpc) is 2.44. The largest absolute Gasteiger partial charge is 0.409 e. The van der Waals surface area contributed by atoms with Crippen LogP contribution < -0.4 is 5.73 Å². The Labute approximate surface area is 114 Å². The van der Waals surface area contributed by atoms with Crippen LogP contribution in [0.4, 0.5) is 0 Å². The van der Waals surface area contributed by atoms with Gasteiger partial charge < -0.3 is 10.9 Å². The topological polar surface area (TPSA) is 61.8 Å². The summed E-state index contributed by atoms with van der Waals surface area (Å²) >= 11 is 0. The second-order valence-electron chi connectivity index (χ2n) is 5.51. The van der Waals surface area contributed by atoms with Crippen molar-refractivity contribution in [3.63, 3.8) is 0 Å². The fraction of sp³-hybridized carbons (Fsp3) is 0.533. The molecule has 2 unspecified atom stereocenters. The van der Waals surface area contributed by atoms with Crippen molar-refractivity contribution in [1.29, 1.82) is 0 Å². The molecule has 0 saturated carbocycles. The molecule has 1 aromatic rings. The molecule has 2 atom stereocenters. The molecule has 1 aliphatic heterocycles. The number of piperidine rings is 1. The zero-order valence-corrected chi connectivity index (χ0v) is 11.7. The van der Waals surface area contributed by atoms with E-state index in [2.05, 4.69) is 36.0 Å². The zero-order valence-electron chi connectivity index (χ0n) is 11.7. The van der Waals surface area contributed by atoms with Gasteiger partial charge in [-0.2, -0.15) is 0 Å². The number of hydrogen-bond acceptors (Lipinski definition) is 3. The van der Waals surface area contributed by atoms with Crippen LogP contribution in [0.3, 0.4) is 0 Å². The molecule has 0 aliphatic carbocycles. The van der Waals surface area contributed by atoms with Crippen LogP contribution in [-0.4, -0.2) is 28.5 Å². The number of nitrogens with zero attached hydrogens (tertiary/aromatic N) is 2. The summed E-state index contributed by atoms with van der Waals surface area (Å²) in [6, 6.07) is 8.56. The summed E-state index contributed by atoms with van der Waals surface area (Å²) in [5, 5.41) is 11.6. The Hall–Kier alpha value is -1.55. The second kappa shape index (κ2) is 6.06. The summed E-state index contributed by atoms with van der Waals surface area (Å²) in [6.45, 7) is 6.79. The van der Waals surface area contributed by atoms with Crippen LogP contribution in [0.1, 0.15) is 37.8 Å². The molecule has 1 aromatic carbocycles. The minimum Gasteiger partial charge on any atom is -0.409 e.